The number of alkyl halides is 3. The standard InChI is InChI=1S/C21H13F3N6O3/c1-10-13(19-28-27-18(33-19)12-8-5-9-25-17(12)31)20(32)30-16(26-10)14(11-6-3-2-4-7-11)15(29-30)21(22,23)24/h2-9,26H,1H3,(H,25,31). The molecule has 0 fully saturated rings. The Morgan fingerprint density at radius 3 is 2.45 bits per heavy atom. The second-order valence-corrected chi connectivity index (χ2v) is 7.06. The number of H-pyrrole nitrogens is 1. The monoisotopic (exact) mass is 454 g/mol. The summed E-state index contributed by atoms with van der Waals surface area (Å²) in [6, 6.07) is 10.9. The molecule has 4 heterocycles. The summed E-state index contributed by atoms with van der Waals surface area (Å²) in [6.45, 7) is 1.50. The molecule has 33 heavy (non-hydrogen) atoms. The summed E-state index contributed by atoms with van der Waals surface area (Å²) in [5.41, 5.74) is -2.02. The van der Waals surface area contributed by atoms with Crippen LogP contribution in [0.1, 0.15) is 11.4 Å². The number of aromatic amines is 1. The van der Waals surface area contributed by atoms with Gasteiger partial charge in [0.05, 0.1) is 5.56 Å². The zero-order valence-corrected chi connectivity index (χ0v) is 16.8. The highest BCUT2D eigenvalue weighted by Gasteiger charge is 2.39. The smallest absolute Gasteiger partial charge is 0.435 e. The molecule has 0 atom stereocenters. The molecule has 0 bridgehead atoms. The lowest BCUT2D eigenvalue weighted by molar-refractivity contribution is -0.140. The average molecular weight is 454 g/mol. The van der Waals surface area contributed by atoms with E-state index in [1.54, 1.807) is 18.2 Å². The third-order valence-corrected chi connectivity index (χ3v) is 4.96. The number of aromatic hydroxyl groups is 1. The first-order valence-electron chi connectivity index (χ1n) is 9.52. The second kappa shape index (κ2) is 7.29. The van der Waals surface area contributed by atoms with E-state index in [4.69, 9.17) is 4.42 Å². The Hall–Kier alpha value is -4.48. The van der Waals surface area contributed by atoms with Crippen molar-refractivity contribution in [2.24, 2.45) is 0 Å². The summed E-state index contributed by atoms with van der Waals surface area (Å²) in [7, 11) is 0. The van der Waals surface area contributed by atoms with E-state index in [1.165, 1.54) is 37.4 Å². The average Bonchev–Trinajstić information content (AvgIpc) is 3.40. The summed E-state index contributed by atoms with van der Waals surface area (Å²) in [6.07, 6.45) is -3.44. The van der Waals surface area contributed by atoms with Crippen LogP contribution in [-0.4, -0.2) is 34.9 Å². The molecule has 0 aliphatic carbocycles. The van der Waals surface area contributed by atoms with Crippen molar-refractivity contribution < 1.29 is 22.7 Å². The van der Waals surface area contributed by atoms with E-state index in [1.807, 2.05) is 0 Å². The van der Waals surface area contributed by atoms with Gasteiger partial charge in [-0.1, -0.05) is 30.3 Å². The molecule has 0 saturated heterocycles. The van der Waals surface area contributed by atoms with Crippen molar-refractivity contribution in [2.45, 2.75) is 13.1 Å². The summed E-state index contributed by atoms with van der Waals surface area (Å²) in [5.74, 6) is -0.724. The third kappa shape index (κ3) is 3.32. The van der Waals surface area contributed by atoms with Crippen LogP contribution >= 0.6 is 0 Å². The van der Waals surface area contributed by atoms with Gasteiger partial charge in [-0.15, -0.1) is 10.2 Å². The van der Waals surface area contributed by atoms with Crippen LogP contribution in [0.15, 0.2) is 57.9 Å². The van der Waals surface area contributed by atoms with Gasteiger partial charge >= 0.3 is 6.18 Å². The fourth-order valence-corrected chi connectivity index (χ4v) is 3.51. The Labute approximate surface area is 182 Å². The fraction of sp³-hybridized carbons (Fsp3) is 0.0952. The van der Waals surface area contributed by atoms with Crippen LogP contribution in [0, 0.1) is 6.92 Å². The maximum atomic E-state index is 13.8. The number of rotatable bonds is 3. The number of hydrogen-bond acceptors (Lipinski definition) is 7. The van der Waals surface area contributed by atoms with E-state index in [0.717, 1.165) is 0 Å². The van der Waals surface area contributed by atoms with Crippen molar-refractivity contribution in [1.29, 1.82) is 0 Å². The number of halogens is 3. The molecule has 0 radical (unpaired) electrons. The first kappa shape index (κ1) is 20.4. The summed E-state index contributed by atoms with van der Waals surface area (Å²) in [4.78, 5) is 19.8. The number of aryl methyl sites for hydroxylation is 1. The van der Waals surface area contributed by atoms with Gasteiger partial charge in [0.2, 0.25) is 5.88 Å². The largest absolute Gasteiger partial charge is 0.493 e. The number of pyridine rings is 1. The van der Waals surface area contributed by atoms with Crippen molar-refractivity contribution in [1.82, 2.24) is 29.8 Å². The number of benzene rings is 1. The maximum Gasteiger partial charge on any atom is 0.435 e. The third-order valence-electron chi connectivity index (χ3n) is 4.96. The molecule has 5 rings (SSSR count). The van der Waals surface area contributed by atoms with E-state index in [0.29, 0.717) is 4.52 Å². The van der Waals surface area contributed by atoms with Gasteiger partial charge < -0.3 is 14.5 Å². The molecule has 0 saturated carbocycles. The minimum Gasteiger partial charge on any atom is -0.493 e. The molecule has 1 aromatic carbocycles. The summed E-state index contributed by atoms with van der Waals surface area (Å²) in [5, 5.41) is 21.1. The zero-order chi connectivity index (χ0) is 23.3. The Balaban J connectivity index is 1.74. The molecule has 0 amide bonds. The molecule has 9 nitrogen and oxygen atoms in total. The molecule has 12 heteroatoms. The van der Waals surface area contributed by atoms with Crippen molar-refractivity contribution in [2.75, 3.05) is 0 Å². The minimum absolute atomic E-state index is 0.115. The molecular formula is C21H13F3N6O3. The Bertz CT molecular complexity index is 1550. The van der Waals surface area contributed by atoms with Gasteiger partial charge in [0.1, 0.15) is 16.8 Å². The Kier molecular flexibility index (Phi) is 4.51. The predicted molar refractivity (Wildman–Crippen MR) is 109 cm³/mol. The van der Waals surface area contributed by atoms with Crippen molar-refractivity contribution in [3.63, 3.8) is 0 Å². The Morgan fingerprint density at radius 2 is 1.76 bits per heavy atom. The fourth-order valence-electron chi connectivity index (χ4n) is 3.51. The lowest BCUT2D eigenvalue weighted by Crippen LogP contribution is -2.20. The first-order chi connectivity index (χ1) is 15.8. The Morgan fingerprint density at radius 1 is 1.03 bits per heavy atom. The van der Waals surface area contributed by atoms with E-state index in [9.17, 15) is 23.1 Å². The molecule has 166 valence electrons. The van der Waals surface area contributed by atoms with Gasteiger partial charge in [-0.25, -0.2) is 4.98 Å². The highest BCUT2D eigenvalue weighted by Crippen LogP contribution is 2.38. The van der Waals surface area contributed by atoms with Crippen LogP contribution < -0.4 is 5.56 Å². The van der Waals surface area contributed by atoms with Gasteiger partial charge in [-0.05, 0) is 24.6 Å². The molecule has 0 aliphatic heterocycles. The van der Waals surface area contributed by atoms with Crippen LogP contribution in [0.5, 0.6) is 5.88 Å². The quantitative estimate of drug-likeness (QED) is 0.425. The van der Waals surface area contributed by atoms with Gasteiger partial charge in [-0.3, -0.25) is 4.79 Å². The van der Waals surface area contributed by atoms with Crippen LogP contribution in [0.2, 0.25) is 0 Å². The highest BCUT2D eigenvalue weighted by molar-refractivity contribution is 5.81. The van der Waals surface area contributed by atoms with Gasteiger partial charge in [0.15, 0.2) is 5.69 Å². The molecule has 0 aliphatic rings. The van der Waals surface area contributed by atoms with Gasteiger partial charge in [0.25, 0.3) is 17.3 Å². The van der Waals surface area contributed by atoms with Crippen LogP contribution in [0.25, 0.3) is 39.7 Å². The highest BCUT2D eigenvalue weighted by atomic mass is 19.4. The number of fused-ring (bicyclic) bond motifs is 1. The molecule has 0 unspecified atom stereocenters. The lowest BCUT2D eigenvalue weighted by atomic mass is 10.1. The van der Waals surface area contributed by atoms with Crippen LogP contribution in [-0.2, 0) is 6.18 Å². The SMILES string of the molecule is Cc1[nH]c2c(-c3ccccc3)c(C(F)(F)F)nn2c(=O)c1-c1nnc(-c2cccnc2O)o1. The number of nitrogens with zero attached hydrogens (tertiary/aromatic N) is 5. The summed E-state index contributed by atoms with van der Waals surface area (Å²) < 4.78 is 47.6. The van der Waals surface area contributed by atoms with Gasteiger partial charge in [0, 0.05) is 11.9 Å². The molecule has 5 aromatic rings. The zero-order valence-electron chi connectivity index (χ0n) is 16.8. The molecule has 4 aromatic heterocycles. The maximum absolute atomic E-state index is 13.8. The normalized spacial score (nSPS) is 11.9. The van der Waals surface area contributed by atoms with E-state index < -0.39 is 17.4 Å². The van der Waals surface area contributed by atoms with Crippen molar-refractivity contribution in [3.05, 3.63) is 70.4 Å². The summed E-state index contributed by atoms with van der Waals surface area (Å²) >= 11 is 0. The van der Waals surface area contributed by atoms with E-state index in [-0.39, 0.29) is 51.3 Å². The van der Waals surface area contributed by atoms with Crippen molar-refractivity contribution >= 4 is 5.65 Å². The van der Waals surface area contributed by atoms with E-state index >= 15 is 0 Å². The first-order valence-corrected chi connectivity index (χ1v) is 9.52. The molecule has 0 spiro atoms. The van der Waals surface area contributed by atoms with Crippen molar-refractivity contribution in [3.8, 4) is 39.9 Å². The minimum atomic E-state index is -4.80. The molecular weight excluding hydrogens is 441 g/mol. The molecule has 2 N–H and O–H groups in total. The van der Waals surface area contributed by atoms with Gasteiger partial charge in [-0.2, -0.15) is 22.8 Å². The van der Waals surface area contributed by atoms with E-state index in [2.05, 4.69) is 25.3 Å². The second-order valence-electron chi connectivity index (χ2n) is 7.06. The topological polar surface area (TPSA) is 122 Å². The number of hydrogen-bond donors (Lipinski definition) is 2. The number of nitrogens with one attached hydrogen (secondary N) is 1. The number of aromatic nitrogens is 6. The lowest BCUT2D eigenvalue weighted by Gasteiger charge is -2.07. The predicted octanol–water partition coefficient (Wildman–Crippen LogP) is 3.83. The van der Waals surface area contributed by atoms with Crippen LogP contribution in [0.4, 0.5) is 13.2 Å². The van der Waals surface area contributed by atoms with Crippen LogP contribution in [0.3, 0.4) is 0 Å².